The average Bonchev–Trinajstić information content (AvgIpc) is 2.07. The molecule has 0 bridgehead atoms. The van der Waals surface area contributed by atoms with Gasteiger partial charge in [0.25, 0.3) is 0 Å². The molecule has 0 aromatic heterocycles. The van der Waals surface area contributed by atoms with E-state index >= 15 is 0 Å². The molecular weight excluding hydrogens is 155 g/mol. The lowest BCUT2D eigenvalue weighted by molar-refractivity contribution is 0.288. The molecule has 0 saturated carbocycles. The van der Waals surface area contributed by atoms with Crippen LogP contribution in [0.1, 0.15) is 17.5 Å². The third-order valence-electron chi connectivity index (χ3n) is 1.92. The van der Waals surface area contributed by atoms with Crippen LogP contribution in [0.4, 0.5) is 4.39 Å². The average molecular weight is 168 g/mol. The molecule has 1 nitrogen and oxygen atoms in total. The van der Waals surface area contributed by atoms with Crippen LogP contribution >= 0.6 is 0 Å². The SMILES string of the molecule is Cc1ccc(F)cc1CCCO. The van der Waals surface area contributed by atoms with E-state index in [9.17, 15) is 4.39 Å². The standard InChI is InChI=1S/C10H13FO/c1-8-4-5-10(11)7-9(8)3-2-6-12/h4-5,7,12H,2-3,6H2,1H3. The molecule has 0 aliphatic carbocycles. The number of aryl methyl sites for hydroxylation is 2. The summed E-state index contributed by atoms with van der Waals surface area (Å²) >= 11 is 0. The minimum atomic E-state index is -0.200. The molecule has 0 aliphatic rings. The molecule has 0 saturated heterocycles. The highest BCUT2D eigenvalue weighted by Crippen LogP contribution is 2.11. The van der Waals surface area contributed by atoms with Crippen LogP contribution in [-0.4, -0.2) is 11.7 Å². The predicted octanol–water partition coefficient (Wildman–Crippen LogP) is 2.06. The monoisotopic (exact) mass is 168 g/mol. The van der Waals surface area contributed by atoms with Gasteiger partial charge in [0.05, 0.1) is 0 Å². The van der Waals surface area contributed by atoms with Crippen LogP contribution in [0.15, 0.2) is 18.2 Å². The molecule has 0 heterocycles. The van der Waals surface area contributed by atoms with E-state index in [1.54, 1.807) is 6.07 Å². The summed E-state index contributed by atoms with van der Waals surface area (Å²) in [6.07, 6.45) is 1.45. The van der Waals surface area contributed by atoms with Crippen molar-refractivity contribution < 1.29 is 9.50 Å². The van der Waals surface area contributed by atoms with Gasteiger partial charge in [-0.3, -0.25) is 0 Å². The molecule has 0 amide bonds. The first-order valence-corrected chi connectivity index (χ1v) is 4.10. The van der Waals surface area contributed by atoms with E-state index in [2.05, 4.69) is 0 Å². The van der Waals surface area contributed by atoms with Crippen LogP contribution in [0.25, 0.3) is 0 Å². The molecule has 0 aliphatic heterocycles. The lowest BCUT2D eigenvalue weighted by Crippen LogP contribution is -1.93. The van der Waals surface area contributed by atoms with Crippen LogP contribution < -0.4 is 0 Å². The van der Waals surface area contributed by atoms with Crippen molar-refractivity contribution in [1.82, 2.24) is 0 Å². The van der Waals surface area contributed by atoms with Crippen molar-refractivity contribution in [1.29, 1.82) is 0 Å². The zero-order chi connectivity index (χ0) is 8.97. The van der Waals surface area contributed by atoms with E-state index in [-0.39, 0.29) is 12.4 Å². The summed E-state index contributed by atoms with van der Waals surface area (Å²) in [4.78, 5) is 0. The Kier molecular flexibility index (Phi) is 3.23. The topological polar surface area (TPSA) is 20.2 Å². The van der Waals surface area contributed by atoms with Gasteiger partial charge in [-0.2, -0.15) is 0 Å². The van der Waals surface area contributed by atoms with Gasteiger partial charge in [-0.05, 0) is 43.0 Å². The van der Waals surface area contributed by atoms with Gasteiger partial charge in [-0.15, -0.1) is 0 Å². The molecule has 1 N–H and O–H groups in total. The maximum absolute atomic E-state index is 12.7. The molecule has 1 aromatic carbocycles. The molecule has 66 valence electrons. The van der Waals surface area contributed by atoms with E-state index in [4.69, 9.17) is 5.11 Å². The number of aliphatic hydroxyl groups excluding tert-OH is 1. The van der Waals surface area contributed by atoms with E-state index in [0.29, 0.717) is 6.42 Å². The van der Waals surface area contributed by atoms with Crippen molar-refractivity contribution in [2.24, 2.45) is 0 Å². The molecule has 0 unspecified atom stereocenters. The Morgan fingerprint density at radius 3 is 2.83 bits per heavy atom. The summed E-state index contributed by atoms with van der Waals surface area (Å²) in [6.45, 7) is 2.11. The minimum Gasteiger partial charge on any atom is -0.396 e. The fourth-order valence-corrected chi connectivity index (χ4v) is 1.18. The first-order valence-electron chi connectivity index (χ1n) is 4.10. The number of rotatable bonds is 3. The van der Waals surface area contributed by atoms with Crippen LogP contribution in [-0.2, 0) is 6.42 Å². The maximum Gasteiger partial charge on any atom is 0.123 e. The van der Waals surface area contributed by atoms with Crippen LogP contribution in [0.5, 0.6) is 0 Å². The van der Waals surface area contributed by atoms with Crippen molar-refractivity contribution in [3.63, 3.8) is 0 Å². The Morgan fingerprint density at radius 1 is 1.42 bits per heavy atom. The third kappa shape index (κ3) is 2.31. The summed E-state index contributed by atoms with van der Waals surface area (Å²) in [5, 5.41) is 8.59. The van der Waals surface area contributed by atoms with Gasteiger partial charge in [-0.1, -0.05) is 6.07 Å². The highest BCUT2D eigenvalue weighted by Gasteiger charge is 1.99. The summed E-state index contributed by atoms with van der Waals surface area (Å²) in [7, 11) is 0. The fourth-order valence-electron chi connectivity index (χ4n) is 1.18. The first kappa shape index (κ1) is 9.20. The largest absolute Gasteiger partial charge is 0.396 e. The highest BCUT2D eigenvalue weighted by atomic mass is 19.1. The van der Waals surface area contributed by atoms with E-state index in [1.165, 1.54) is 12.1 Å². The number of hydrogen-bond acceptors (Lipinski definition) is 1. The number of aliphatic hydroxyl groups is 1. The number of benzene rings is 1. The lowest BCUT2D eigenvalue weighted by Gasteiger charge is -2.03. The number of hydrogen-bond donors (Lipinski definition) is 1. The molecule has 1 rings (SSSR count). The zero-order valence-electron chi connectivity index (χ0n) is 7.18. The van der Waals surface area contributed by atoms with Gasteiger partial charge in [0.15, 0.2) is 0 Å². The smallest absolute Gasteiger partial charge is 0.123 e. The van der Waals surface area contributed by atoms with Crippen molar-refractivity contribution in [2.45, 2.75) is 19.8 Å². The molecule has 0 radical (unpaired) electrons. The number of halogens is 1. The van der Waals surface area contributed by atoms with Gasteiger partial charge < -0.3 is 5.11 Å². The summed E-state index contributed by atoms with van der Waals surface area (Å²) in [5.41, 5.74) is 2.08. The normalized spacial score (nSPS) is 10.2. The van der Waals surface area contributed by atoms with Gasteiger partial charge in [0, 0.05) is 6.61 Å². The van der Waals surface area contributed by atoms with E-state index in [0.717, 1.165) is 17.5 Å². The fraction of sp³-hybridized carbons (Fsp3) is 0.400. The van der Waals surface area contributed by atoms with Crippen molar-refractivity contribution in [2.75, 3.05) is 6.61 Å². The van der Waals surface area contributed by atoms with E-state index in [1.807, 2.05) is 6.92 Å². The molecule has 0 atom stereocenters. The Bertz CT molecular complexity index is 258. The second-order valence-electron chi connectivity index (χ2n) is 2.90. The Balaban J connectivity index is 2.75. The lowest BCUT2D eigenvalue weighted by atomic mass is 10.0. The molecular formula is C10H13FO. The maximum atomic E-state index is 12.7. The zero-order valence-corrected chi connectivity index (χ0v) is 7.18. The molecule has 0 spiro atoms. The van der Waals surface area contributed by atoms with Crippen LogP contribution in [0, 0.1) is 12.7 Å². The summed E-state index contributed by atoms with van der Waals surface area (Å²) in [5.74, 6) is -0.200. The van der Waals surface area contributed by atoms with Gasteiger partial charge in [-0.25, -0.2) is 4.39 Å². The van der Waals surface area contributed by atoms with Crippen LogP contribution in [0.2, 0.25) is 0 Å². The Morgan fingerprint density at radius 2 is 2.17 bits per heavy atom. The third-order valence-corrected chi connectivity index (χ3v) is 1.92. The quantitative estimate of drug-likeness (QED) is 0.732. The predicted molar refractivity (Wildman–Crippen MR) is 46.5 cm³/mol. The van der Waals surface area contributed by atoms with Gasteiger partial charge in [0.1, 0.15) is 5.82 Å². The summed E-state index contributed by atoms with van der Waals surface area (Å²) in [6, 6.07) is 4.75. The Hall–Kier alpha value is -0.890. The van der Waals surface area contributed by atoms with Crippen molar-refractivity contribution in [3.05, 3.63) is 35.1 Å². The second kappa shape index (κ2) is 4.21. The van der Waals surface area contributed by atoms with Crippen LogP contribution in [0.3, 0.4) is 0 Å². The van der Waals surface area contributed by atoms with Gasteiger partial charge in [0.2, 0.25) is 0 Å². The van der Waals surface area contributed by atoms with Crippen molar-refractivity contribution >= 4 is 0 Å². The molecule has 0 fully saturated rings. The summed E-state index contributed by atoms with van der Waals surface area (Å²) < 4.78 is 12.7. The molecule has 1 aromatic rings. The second-order valence-corrected chi connectivity index (χ2v) is 2.90. The van der Waals surface area contributed by atoms with Crippen molar-refractivity contribution in [3.8, 4) is 0 Å². The van der Waals surface area contributed by atoms with Gasteiger partial charge >= 0.3 is 0 Å². The molecule has 2 heteroatoms. The van der Waals surface area contributed by atoms with E-state index < -0.39 is 0 Å². The molecule has 12 heavy (non-hydrogen) atoms. The first-order chi connectivity index (χ1) is 5.74. The minimum absolute atomic E-state index is 0.163. The highest BCUT2D eigenvalue weighted by molar-refractivity contribution is 5.26. The Labute approximate surface area is 71.9 Å².